The van der Waals surface area contributed by atoms with Crippen LogP contribution in [0.25, 0.3) is 5.69 Å². The first-order valence-electron chi connectivity index (χ1n) is 10.1. The van der Waals surface area contributed by atoms with Crippen molar-refractivity contribution in [2.75, 3.05) is 7.05 Å². The van der Waals surface area contributed by atoms with Crippen LogP contribution >= 0.6 is 11.8 Å². The Balaban J connectivity index is 1.64. The highest BCUT2D eigenvalue weighted by Crippen LogP contribution is 2.31. The van der Waals surface area contributed by atoms with Crippen molar-refractivity contribution < 1.29 is 18.3 Å². The number of thioether (sulfide) groups is 1. The summed E-state index contributed by atoms with van der Waals surface area (Å²) in [5, 5.41) is 11.5. The SMILES string of the molecule is CN(Cc1ccncc1)C(O)c1cnc(SCc2cc(F)ccc2F)n1-c1ccc(F)cc1. The van der Waals surface area contributed by atoms with Gasteiger partial charge in [0.05, 0.1) is 11.9 Å². The molecular formula is C24H21F3N4OS. The van der Waals surface area contributed by atoms with Gasteiger partial charge in [-0.1, -0.05) is 11.8 Å². The number of benzene rings is 2. The van der Waals surface area contributed by atoms with Gasteiger partial charge in [-0.3, -0.25) is 14.5 Å². The number of pyridine rings is 1. The molecule has 0 aliphatic heterocycles. The number of rotatable bonds is 8. The van der Waals surface area contributed by atoms with E-state index in [0.717, 1.165) is 23.8 Å². The zero-order valence-electron chi connectivity index (χ0n) is 17.7. The van der Waals surface area contributed by atoms with E-state index in [0.29, 0.717) is 23.1 Å². The van der Waals surface area contributed by atoms with Crippen LogP contribution in [0.15, 0.2) is 78.3 Å². The number of aliphatic hydroxyl groups is 1. The maximum absolute atomic E-state index is 14.1. The number of imidazole rings is 1. The van der Waals surface area contributed by atoms with Crippen molar-refractivity contribution in [1.29, 1.82) is 0 Å². The second-order valence-electron chi connectivity index (χ2n) is 7.45. The first-order chi connectivity index (χ1) is 15.9. The Morgan fingerprint density at radius 1 is 1.00 bits per heavy atom. The molecule has 2 aromatic carbocycles. The number of hydrogen-bond donors (Lipinski definition) is 1. The fraction of sp³-hybridized carbons (Fsp3) is 0.167. The quantitative estimate of drug-likeness (QED) is 0.287. The lowest BCUT2D eigenvalue weighted by molar-refractivity contribution is 0.0101. The third-order valence-corrected chi connectivity index (χ3v) is 6.07. The topological polar surface area (TPSA) is 54.2 Å². The fourth-order valence-electron chi connectivity index (χ4n) is 3.37. The minimum atomic E-state index is -1.03. The van der Waals surface area contributed by atoms with E-state index in [4.69, 9.17) is 0 Å². The predicted octanol–water partition coefficient (Wildman–Crippen LogP) is 5.10. The van der Waals surface area contributed by atoms with Gasteiger partial charge in [-0.05, 0) is 67.2 Å². The van der Waals surface area contributed by atoms with Crippen LogP contribution in [0.4, 0.5) is 13.2 Å². The normalized spacial score (nSPS) is 12.3. The third kappa shape index (κ3) is 5.44. The van der Waals surface area contributed by atoms with Gasteiger partial charge < -0.3 is 5.11 Å². The molecule has 5 nitrogen and oxygen atoms in total. The number of hydrogen-bond acceptors (Lipinski definition) is 5. The van der Waals surface area contributed by atoms with Crippen LogP contribution in [-0.2, 0) is 12.3 Å². The van der Waals surface area contributed by atoms with Crippen molar-refractivity contribution in [3.8, 4) is 5.69 Å². The molecule has 0 amide bonds. The van der Waals surface area contributed by atoms with Gasteiger partial charge in [0.15, 0.2) is 11.4 Å². The van der Waals surface area contributed by atoms with Gasteiger partial charge in [0, 0.05) is 35.9 Å². The largest absolute Gasteiger partial charge is 0.372 e. The van der Waals surface area contributed by atoms with E-state index in [1.807, 2.05) is 12.1 Å². The smallest absolute Gasteiger partial charge is 0.173 e. The average Bonchev–Trinajstić information content (AvgIpc) is 3.24. The number of halogens is 3. The summed E-state index contributed by atoms with van der Waals surface area (Å²) in [6.07, 6.45) is 3.86. The molecule has 1 N–H and O–H groups in total. The average molecular weight is 471 g/mol. The highest BCUT2D eigenvalue weighted by molar-refractivity contribution is 7.98. The maximum Gasteiger partial charge on any atom is 0.173 e. The minimum Gasteiger partial charge on any atom is -0.372 e. The van der Waals surface area contributed by atoms with Crippen LogP contribution in [0.2, 0.25) is 0 Å². The molecule has 1 unspecified atom stereocenters. The van der Waals surface area contributed by atoms with E-state index < -0.39 is 23.7 Å². The Labute approximate surface area is 193 Å². The van der Waals surface area contributed by atoms with Crippen LogP contribution in [0.5, 0.6) is 0 Å². The molecule has 9 heteroatoms. The molecule has 2 aromatic heterocycles. The van der Waals surface area contributed by atoms with Crippen molar-refractivity contribution in [2.45, 2.75) is 23.7 Å². The van der Waals surface area contributed by atoms with Crippen LogP contribution < -0.4 is 0 Å². The number of nitrogens with zero attached hydrogens (tertiary/aromatic N) is 4. The van der Waals surface area contributed by atoms with E-state index in [2.05, 4.69) is 9.97 Å². The molecule has 2 heterocycles. The van der Waals surface area contributed by atoms with Crippen LogP contribution in [0.3, 0.4) is 0 Å². The van der Waals surface area contributed by atoms with E-state index in [9.17, 15) is 18.3 Å². The van der Waals surface area contributed by atoms with Crippen molar-refractivity contribution in [1.82, 2.24) is 19.4 Å². The molecule has 0 bridgehead atoms. The Kier molecular flexibility index (Phi) is 7.12. The van der Waals surface area contributed by atoms with E-state index in [1.54, 1.807) is 41.0 Å². The van der Waals surface area contributed by atoms with Gasteiger partial charge in [-0.2, -0.15) is 0 Å². The third-order valence-electron chi connectivity index (χ3n) is 5.07. The van der Waals surface area contributed by atoms with Gasteiger partial charge in [-0.15, -0.1) is 0 Å². The van der Waals surface area contributed by atoms with Gasteiger partial charge in [-0.25, -0.2) is 18.2 Å². The zero-order chi connectivity index (χ0) is 23.4. The van der Waals surface area contributed by atoms with Crippen molar-refractivity contribution in [3.63, 3.8) is 0 Å². The van der Waals surface area contributed by atoms with Gasteiger partial charge >= 0.3 is 0 Å². The number of aromatic nitrogens is 3. The van der Waals surface area contributed by atoms with Crippen LogP contribution in [-0.4, -0.2) is 31.6 Å². The molecule has 0 saturated carbocycles. The van der Waals surface area contributed by atoms with E-state index in [1.165, 1.54) is 30.1 Å². The lowest BCUT2D eigenvalue weighted by Crippen LogP contribution is -2.26. The Hall–Kier alpha value is -3.14. The molecule has 0 spiro atoms. The van der Waals surface area contributed by atoms with E-state index in [-0.39, 0.29) is 11.3 Å². The summed E-state index contributed by atoms with van der Waals surface area (Å²) >= 11 is 1.19. The summed E-state index contributed by atoms with van der Waals surface area (Å²) in [6.45, 7) is 0.454. The molecule has 170 valence electrons. The molecule has 1 atom stereocenters. The summed E-state index contributed by atoms with van der Waals surface area (Å²) in [5.41, 5.74) is 2.21. The number of aliphatic hydroxyl groups excluding tert-OH is 1. The molecule has 4 rings (SSSR count). The summed E-state index contributed by atoms with van der Waals surface area (Å²) in [5.74, 6) is -1.31. The summed E-state index contributed by atoms with van der Waals surface area (Å²) in [7, 11) is 1.77. The van der Waals surface area contributed by atoms with Gasteiger partial charge in [0.25, 0.3) is 0 Å². The van der Waals surface area contributed by atoms with Crippen LogP contribution in [0, 0.1) is 17.5 Å². The van der Waals surface area contributed by atoms with Crippen molar-refractivity contribution >= 4 is 11.8 Å². The zero-order valence-corrected chi connectivity index (χ0v) is 18.5. The fourth-order valence-corrected chi connectivity index (χ4v) is 4.34. The maximum atomic E-state index is 14.1. The summed E-state index contributed by atoms with van der Waals surface area (Å²) < 4.78 is 42.9. The molecule has 0 fully saturated rings. The molecule has 0 aliphatic carbocycles. The van der Waals surface area contributed by atoms with Crippen molar-refractivity contribution in [2.24, 2.45) is 0 Å². The molecule has 0 radical (unpaired) electrons. The summed E-state index contributed by atoms with van der Waals surface area (Å²) in [6, 6.07) is 12.8. The lowest BCUT2D eigenvalue weighted by atomic mass is 10.2. The first kappa shape index (κ1) is 23.0. The van der Waals surface area contributed by atoms with Crippen LogP contribution in [0.1, 0.15) is 23.0 Å². The highest BCUT2D eigenvalue weighted by atomic mass is 32.2. The molecule has 0 saturated heterocycles. The molecule has 0 aliphatic rings. The molecular weight excluding hydrogens is 449 g/mol. The highest BCUT2D eigenvalue weighted by Gasteiger charge is 2.23. The van der Waals surface area contributed by atoms with Gasteiger partial charge in [0.1, 0.15) is 17.5 Å². The minimum absolute atomic E-state index is 0.129. The van der Waals surface area contributed by atoms with Gasteiger partial charge in [0.2, 0.25) is 0 Å². The standard InChI is InChI=1S/C24H21F3N4OS/c1-30(14-16-8-10-28-11-9-16)23(32)22-13-29-24(31(22)20-5-2-18(25)3-6-20)33-15-17-12-19(26)4-7-21(17)27/h2-13,23,32H,14-15H2,1H3. The van der Waals surface area contributed by atoms with E-state index >= 15 is 0 Å². The second kappa shape index (κ2) is 10.2. The molecule has 33 heavy (non-hydrogen) atoms. The van der Waals surface area contributed by atoms with Crippen molar-refractivity contribution in [3.05, 3.63) is 107 Å². The Morgan fingerprint density at radius 3 is 2.42 bits per heavy atom. The molecule has 4 aromatic rings. The first-order valence-corrected chi connectivity index (χ1v) is 11.1. The predicted molar refractivity (Wildman–Crippen MR) is 120 cm³/mol. The Bertz CT molecular complexity index is 1220. The lowest BCUT2D eigenvalue weighted by Gasteiger charge is -2.25. The monoisotopic (exact) mass is 470 g/mol. The Morgan fingerprint density at radius 2 is 1.70 bits per heavy atom. The second-order valence-corrected chi connectivity index (χ2v) is 8.39. The summed E-state index contributed by atoms with van der Waals surface area (Å²) in [4.78, 5) is 10.1.